The van der Waals surface area contributed by atoms with Crippen LogP contribution in [0.2, 0.25) is 0 Å². The number of hydrogen-bond acceptors (Lipinski definition) is 4. The Morgan fingerprint density at radius 2 is 2.12 bits per heavy atom. The van der Waals surface area contributed by atoms with E-state index in [1.807, 2.05) is 0 Å². The predicted molar refractivity (Wildman–Crippen MR) is 68.2 cm³/mol. The molecule has 1 saturated carbocycles. The van der Waals surface area contributed by atoms with Gasteiger partial charge in [-0.1, -0.05) is 13.3 Å². The fraction of sp³-hybridized carbons (Fsp3) is 1.00. The third-order valence-electron chi connectivity index (χ3n) is 3.04. The lowest BCUT2D eigenvalue weighted by Gasteiger charge is -2.24. The number of rotatable bonds is 11. The van der Waals surface area contributed by atoms with Gasteiger partial charge in [0.2, 0.25) is 0 Å². The van der Waals surface area contributed by atoms with Crippen LogP contribution in [0.5, 0.6) is 0 Å². The van der Waals surface area contributed by atoms with Crippen molar-refractivity contribution in [2.45, 2.75) is 44.8 Å². The first-order chi connectivity index (χ1) is 8.27. The van der Waals surface area contributed by atoms with E-state index in [0.29, 0.717) is 19.2 Å². The lowest BCUT2D eigenvalue weighted by atomic mass is 10.3. The Morgan fingerprint density at radius 3 is 2.71 bits per heavy atom. The van der Waals surface area contributed by atoms with Gasteiger partial charge in [-0.25, -0.2) is 0 Å². The van der Waals surface area contributed by atoms with E-state index < -0.39 is 0 Å². The molecule has 4 nitrogen and oxygen atoms in total. The van der Waals surface area contributed by atoms with Crippen molar-refractivity contribution >= 4 is 0 Å². The highest BCUT2D eigenvalue weighted by Gasteiger charge is 2.29. The number of methoxy groups -OCH3 is 1. The third-order valence-corrected chi connectivity index (χ3v) is 3.04. The summed E-state index contributed by atoms with van der Waals surface area (Å²) in [6, 6.07) is 0.662. The van der Waals surface area contributed by atoms with Crippen LogP contribution < -0.4 is 0 Å². The first kappa shape index (κ1) is 14.9. The maximum atomic E-state index is 9.89. The second-order valence-electron chi connectivity index (χ2n) is 4.80. The van der Waals surface area contributed by atoms with Crippen LogP contribution in [0.25, 0.3) is 0 Å². The van der Waals surface area contributed by atoms with E-state index in [-0.39, 0.29) is 6.10 Å². The molecule has 102 valence electrons. The summed E-state index contributed by atoms with van der Waals surface area (Å²) in [5, 5.41) is 9.89. The van der Waals surface area contributed by atoms with E-state index in [4.69, 9.17) is 9.47 Å². The molecule has 0 aromatic rings. The van der Waals surface area contributed by atoms with Gasteiger partial charge in [0.15, 0.2) is 0 Å². The lowest BCUT2D eigenvalue weighted by Crippen LogP contribution is -2.38. The van der Waals surface area contributed by atoms with Crippen LogP contribution in [0.4, 0.5) is 0 Å². The summed E-state index contributed by atoms with van der Waals surface area (Å²) in [5.41, 5.74) is 0. The van der Waals surface area contributed by atoms with Gasteiger partial charge in [-0.15, -0.1) is 0 Å². The normalized spacial score (nSPS) is 17.6. The largest absolute Gasteiger partial charge is 0.389 e. The molecule has 0 bridgehead atoms. The highest BCUT2D eigenvalue weighted by Crippen LogP contribution is 2.26. The van der Waals surface area contributed by atoms with Crippen LogP contribution in [0, 0.1) is 0 Å². The first-order valence-electron chi connectivity index (χ1n) is 6.76. The molecule has 17 heavy (non-hydrogen) atoms. The van der Waals surface area contributed by atoms with Crippen molar-refractivity contribution in [3.05, 3.63) is 0 Å². The zero-order valence-electron chi connectivity index (χ0n) is 11.2. The molecule has 0 aromatic carbocycles. The molecule has 1 atom stereocenters. The van der Waals surface area contributed by atoms with Crippen LogP contribution in [0.1, 0.15) is 32.6 Å². The number of unbranched alkanes of at least 4 members (excludes halogenated alkanes) is 1. The highest BCUT2D eigenvalue weighted by atomic mass is 16.5. The van der Waals surface area contributed by atoms with Crippen molar-refractivity contribution in [2.75, 3.05) is 40.0 Å². The molecule has 0 heterocycles. The molecule has 0 amide bonds. The molecule has 1 N–H and O–H groups in total. The Bertz CT molecular complexity index is 186. The maximum Gasteiger partial charge on any atom is 0.0900 e. The van der Waals surface area contributed by atoms with Gasteiger partial charge in [0.1, 0.15) is 0 Å². The van der Waals surface area contributed by atoms with Crippen LogP contribution in [-0.4, -0.2) is 62.2 Å². The monoisotopic (exact) mass is 245 g/mol. The van der Waals surface area contributed by atoms with E-state index in [1.54, 1.807) is 7.11 Å². The second-order valence-corrected chi connectivity index (χ2v) is 4.80. The number of nitrogens with zero attached hydrogens (tertiary/aromatic N) is 1. The predicted octanol–water partition coefficient (Wildman–Crippen LogP) is 1.27. The van der Waals surface area contributed by atoms with Gasteiger partial charge in [-0.2, -0.15) is 0 Å². The van der Waals surface area contributed by atoms with E-state index in [0.717, 1.165) is 32.6 Å². The zero-order chi connectivity index (χ0) is 12.5. The van der Waals surface area contributed by atoms with Crippen LogP contribution in [0.3, 0.4) is 0 Å². The molecule has 1 fully saturated rings. The molecule has 0 saturated heterocycles. The molecule has 0 aromatic heterocycles. The van der Waals surface area contributed by atoms with Crippen molar-refractivity contribution in [3.8, 4) is 0 Å². The molecular formula is C13H27NO3. The SMILES string of the molecule is CCCCOCC(O)CN(CCOC)C1CC1. The molecular weight excluding hydrogens is 218 g/mol. The van der Waals surface area contributed by atoms with Gasteiger partial charge in [-0.05, 0) is 19.3 Å². The van der Waals surface area contributed by atoms with Crippen LogP contribution in [0.15, 0.2) is 0 Å². The third kappa shape index (κ3) is 6.99. The quantitative estimate of drug-likeness (QED) is 0.557. The van der Waals surface area contributed by atoms with Gasteiger partial charge < -0.3 is 14.6 Å². The van der Waals surface area contributed by atoms with Gasteiger partial charge in [0.25, 0.3) is 0 Å². The minimum atomic E-state index is -0.371. The Hall–Kier alpha value is -0.160. The summed E-state index contributed by atoms with van der Waals surface area (Å²) in [5.74, 6) is 0. The summed E-state index contributed by atoms with van der Waals surface area (Å²) in [7, 11) is 1.72. The Balaban J connectivity index is 2.10. The average molecular weight is 245 g/mol. The van der Waals surface area contributed by atoms with E-state index >= 15 is 0 Å². The average Bonchev–Trinajstić information content (AvgIpc) is 3.14. The minimum Gasteiger partial charge on any atom is -0.389 e. The zero-order valence-corrected chi connectivity index (χ0v) is 11.2. The highest BCUT2D eigenvalue weighted by molar-refractivity contribution is 4.85. The molecule has 0 radical (unpaired) electrons. The van der Waals surface area contributed by atoms with E-state index in [1.165, 1.54) is 12.8 Å². The summed E-state index contributed by atoms with van der Waals surface area (Å²) in [4.78, 5) is 2.32. The number of aliphatic hydroxyl groups is 1. The summed E-state index contributed by atoms with van der Waals surface area (Å²) >= 11 is 0. The summed E-state index contributed by atoms with van der Waals surface area (Å²) in [6.07, 6.45) is 4.35. The second kappa shape index (κ2) is 8.86. The first-order valence-corrected chi connectivity index (χ1v) is 6.76. The molecule has 1 unspecified atom stereocenters. The van der Waals surface area contributed by atoms with Crippen molar-refractivity contribution < 1.29 is 14.6 Å². The topological polar surface area (TPSA) is 41.9 Å². The van der Waals surface area contributed by atoms with Crippen molar-refractivity contribution in [2.24, 2.45) is 0 Å². The number of aliphatic hydroxyl groups excluding tert-OH is 1. The fourth-order valence-electron chi connectivity index (χ4n) is 1.86. The lowest BCUT2D eigenvalue weighted by molar-refractivity contribution is 0.0101. The number of hydrogen-bond donors (Lipinski definition) is 1. The Labute approximate surface area is 105 Å². The van der Waals surface area contributed by atoms with Crippen LogP contribution >= 0.6 is 0 Å². The van der Waals surface area contributed by atoms with Gasteiger partial charge in [0, 0.05) is 32.8 Å². The van der Waals surface area contributed by atoms with Crippen molar-refractivity contribution in [1.29, 1.82) is 0 Å². The van der Waals surface area contributed by atoms with Crippen molar-refractivity contribution in [1.82, 2.24) is 4.90 Å². The van der Waals surface area contributed by atoms with Crippen molar-refractivity contribution in [3.63, 3.8) is 0 Å². The molecule has 4 heteroatoms. The number of ether oxygens (including phenoxy) is 2. The Morgan fingerprint density at radius 1 is 1.35 bits per heavy atom. The smallest absolute Gasteiger partial charge is 0.0900 e. The molecule has 1 rings (SSSR count). The van der Waals surface area contributed by atoms with Gasteiger partial charge >= 0.3 is 0 Å². The summed E-state index contributed by atoms with van der Waals surface area (Å²) < 4.78 is 10.5. The molecule has 0 aliphatic heterocycles. The molecule has 1 aliphatic rings. The maximum absolute atomic E-state index is 9.89. The van der Waals surface area contributed by atoms with Crippen LogP contribution in [-0.2, 0) is 9.47 Å². The standard InChI is InChI=1S/C13H27NO3/c1-3-4-8-17-11-13(15)10-14(7-9-16-2)12-5-6-12/h12-13,15H,3-11H2,1-2H3. The fourth-order valence-corrected chi connectivity index (χ4v) is 1.86. The molecule has 1 aliphatic carbocycles. The van der Waals surface area contributed by atoms with Gasteiger partial charge in [-0.3, -0.25) is 4.90 Å². The molecule has 0 spiro atoms. The van der Waals surface area contributed by atoms with E-state index in [2.05, 4.69) is 11.8 Å². The van der Waals surface area contributed by atoms with E-state index in [9.17, 15) is 5.11 Å². The Kier molecular flexibility index (Phi) is 7.77. The summed E-state index contributed by atoms with van der Waals surface area (Å²) in [6.45, 7) is 5.71. The minimum absolute atomic E-state index is 0.371. The van der Waals surface area contributed by atoms with Gasteiger partial charge in [0.05, 0.1) is 19.3 Å².